The standard InChI is InChI=1S/C34H33N3O7S/c1-41-25-14-17-30(43-3)28(19-25)36-32(38)21-45-27-15-11-24(12-16-27)35-34(40)29(37-33(39)22-8-6-5-7-9-22)18-23-10-13-26(42-2)20-31(23)44-4/h5-20H,21H2,1-4H3,(H,35,40)(H,36,38)(H,37,39)/b29-18-. The van der Waals surface area contributed by atoms with Crippen LogP contribution in [0.25, 0.3) is 6.08 Å². The number of rotatable bonds is 13. The van der Waals surface area contributed by atoms with Gasteiger partial charge in [-0.3, -0.25) is 14.4 Å². The minimum absolute atomic E-state index is 0.00964. The molecule has 3 amide bonds. The summed E-state index contributed by atoms with van der Waals surface area (Å²) in [5.41, 5.74) is 1.98. The van der Waals surface area contributed by atoms with Crippen molar-refractivity contribution in [2.75, 3.05) is 44.8 Å². The van der Waals surface area contributed by atoms with Crippen LogP contribution in [-0.4, -0.2) is 51.9 Å². The van der Waals surface area contributed by atoms with Crippen LogP contribution in [0.5, 0.6) is 23.0 Å². The first-order valence-corrected chi connectivity index (χ1v) is 14.7. The largest absolute Gasteiger partial charge is 0.497 e. The summed E-state index contributed by atoms with van der Waals surface area (Å²) < 4.78 is 21.3. The predicted molar refractivity (Wildman–Crippen MR) is 175 cm³/mol. The van der Waals surface area contributed by atoms with Gasteiger partial charge < -0.3 is 34.9 Å². The van der Waals surface area contributed by atoms with Gasteiger partial charge in [0.05, 0.1) is 39.9 Å². The lowest BCUT2D eigenvalue weighted by molar-refractivity contribution is -0.114. The second-order valence-corrected chi connectivity index (χ2v) is 10.4. The molecule has 0 heterocycles. The van der Waals surface area contributed by atoms with E-state index < -0.39 is 11.8 Å². The summed E-state index contributed by atoms with van der Waals surface area (Å²) in [5.74, 6) is 1.11. The summed E-state index contributed by atoms with van der Waals surface area (Å²) in [6, 6.07) is 25.9. The summed E-state index contributed by atoms with van der Waals surface area (Å²) in [7, 11) is 6.12. The van der Waals surface area contributed by atoms with Crippen molar-refractivity contribution in [1.82, 2.24) is 5.32 Å². The second kappa shape index (κ2) is 15.9. The molecule has 0 spiro atoms. The van der Waals surface area contributed by atoms with E-state index in [-0.39, 0.29) is 17.4 Å². The van der Waals surface area contributed by atoms with Crippen LogP contribution >= 0.6 is 11.8 Å². The minimum atomic E-state index is -0.538. The molecular formula is C34H33N3O7S. The lowest BCUT2D eigenvalue weighted by atomic mass is 10.1. The van der Waals surface area contributed by atoms with Gasteiger partial charge in [0, 0.05) is 33.8 Å². The molecule has 3 N–H and O–H groups in total. The van der Waals surface area contributed by atoms with E-state index >= 15 is 0 Å². The van der Waals surface area contributed by atoms with Gasteiger partial charge in [0.2, 0.25) is 5.91 Å². The Bertz CT molecular complexity index is 1680. The molecule has 4 aromatic rings. The Morgan fingerprint density at radius 2 is 1.38 bits per heavy atom. The van der Waals surface area contributed by atoms with E-state index in [4.69, 9.17) is 18.9 Å². The van der Waals surface area contributed by atoms with E-state index in [9.17, 15) is 14.4 Å². The Labute approximate surface area is 265 Å². The molecule has 0 aliphatic carbocycles. The van der Waals surface area contributed by atoms with Gasteiger partial charge in [-0.15, -0.1) is 11.8 Å². The fraction of sp³-hybridized carbons (Fsp3) is 0.147. The van der Waals surface area contributed by atoms with Crippen LogP contribution in [0.1, 0.15) is 15.9 Å². The lowest BCUT2D eigenvalue weighted by Gasteiger charge is -2.13. The van der Waals surface area contributed by atoms with Gasteiger partial charge >= 0.3 is 0 Å². The summed E-state index contributed by atoms with van der Waals surface area (Å²) in [6.45, 7) is 0. The van der Waals surface area contributed by atoms with Crippen LogP contribution < -0.4 is 34.9 Å². The molecule has 0 fully saturated rings. The molecule has 0 atom stereocenters. The molecule has 10 nitrogen and oxygen atoms in total. The number of hydrogen-bond donors (Lipinski definition) is 3. The van der Waals surface area contributed by atoms with Gasteiger partial charge in [-0.25, -0.2) is 0 Å². The van der Waals surface area contributed by atoms with E-state index in [1.54, 1.807) is 105 Å². The molecule has 0 saturated heterocycles. The van der Waals surface area contributed by atoms with Crippen molar-refractivity contribution in [3.8, 4) is 23.0 Å². The maximum absolute atomic E-state index is 13.4. The quantitative estimate of drug-likeness (QED) is 0.124. The first-order valence-electron chi connectivity index (χ1n) is 13.7. The van der Waals surface area contributed by atoms with Crippen LogP contribution in [-0.2, 0) is 9.59 Å². The van der Waals surface area contributed by atoms with Crippen molar-refractivity contribution in [2.45, 2.75) is 4.90 Å². The van der Waals surface area contributed by atoms with Crippen LogP contribution in [0.15, 0.2) is 102 Å². The summed E-state index contributed by atoms with van der Waals surface area (Å²) in [4.78, 5) is 39.9. The number of carbonyl (C=O) groups is 3. The molecule has 0 radical (unpaired) electrons. The maximum atomic E-state index is 13.4. The molecule has 4 rings (SSSR count). The normalized spacial score (nSPS) is 10.8. The van der Waals surface area contributed by atoms with Gasteiger partial charge in [-0.05, 0) is 66.7 Å². The zero-order valence-corrected chi connectivity index (χ0v) is 26.0. The summed E-state index contributed by atoms with van der Waals surface area (Å²) in [5, 5.41) is 8.38. The predicted octanol–water partition coefficient (Wildman–Crippen LogP) is 5.86. The fourth-order valence-electron chi connectivity index (χ4n) is 4.12. The molecule has 232 valence electrons. The van der Waals surface area contributed by atoms with Crippen LogP contribution in [0.4, 0.5) is 11.4 Å². The number of carbonyl (C=O) groups excluding carboxylic acids is 3. The Morgan fingerprint density at radius 3 is 2.04 bits per heavy atom. The third-order valence-corrected chi connectivity index (χ3v) is 7.44. The highest BCUT2D eigenvalue weighted by Gasteiger charge is 2.17. The van der Waals surface area contributed by atoms with Crippen molar-refractivity contribution in [1.29, 1.82) is 0 Å². The van der Waals surface area contributed by atoms with Gasteiger partial charge in [-0.2, -0.15) is 0 Å². The van der Waals surface area contributed by atoms with Crippen molar-refractivity contribution < 1.29 is 33.3 Å². The molecule has 0 saturated carbocycles. The monoisotopic (exact) mass is 627 g/mol. The van der Waals surface area contributed by atoms with Gasteiger partial charge in [-0.1, -0.05) is 18.2 Å². The zero-order chi connectivity index (χ0) is 32.2. The lowest BCUT2D eigenvalue weighted by Crippen LogP contribution is -2.30. The van der Waals surface area contributed by atoms with Crippen molar-refractivity contribution in [3.05, 3.63) is 108 Å². The van der Waals surface area contributed by atoms with Crippen molar-refractivity contribution in [2.24, 2.45) is 0 Å². The van der Waals surface area contributed by atoms with Gasteiger partial charge in [0.1, 0.15) is 28.7 Å². The number of anilines is 2. The van der Waals surface area contributed by atoms with Gasteiger partial charge in [0.15, 0.2) is 0 Å². The van der Waals surface area contributed by atoms with Crippen LogP contribution in [0.2, 0.25) is 0 Å². The molecular weight excluding hydrogens is 594 g/mol. The maximum Gasteiger partial charge on any atom is 0.272 e. The minimum Gasteiger partial charge on any atom is -0.497 e. The van der Waals surface area contributed by atoms with E-state index in [0.29, 0.717) is 45.5 Å². The first kappa shape index (κ1) is 32.5. The smallest absolute Gasteiger partial charge is 0.272 e. The second-order valence-electron chi connectivity index (χ2n) is 9.37. The van der Waals surface area contributed by atoms with Gasteiger partial charge in [0.25, 0.3) is 11.8 Å². The molecule has 0 aliphatic heterocycles. The van der Waals surface area contributed by atoms with E-state index in [1.807, 2.05) is 0 Å². The fourth-order valence-corrected chi connectivity index (χ4v) is 4.81. The zero-order valence-electron chi connectivity index (χ0n) is 25.2. The average molecular weight is 628 g/mol. The molecule has 0 unspecified atom stereocenters. The van der Waals surface area contributed by atoms with E-state index in [2.05, 4.69) is 16.0 Å². The molecule has 0 aromatic heterocycles. The summed E-state index contributed by atoms with van der Waals surface area (Å²) >= 11 is 1.33. The topological polar surface area (TPSA) is 124 Å². The number of amides is 3. The number of benzene rings is 4. The molecule has 0 bridgehead atoms. The number of methoxy groups -OCH3 is 4. The number of hydrogen-bond acceptors (Lipinski definition) is 8. The third-order valence-electron chi connectivity index (χ3n) is 6.43. The number of ether oxygens (including phenoxy) is 4. The Balaban J connectivity index is 1.45. The van der Waals surface area contributed by atoms with Crippen LogP contribution in [0, 0.1) is 0 Å². The number of thioether (sulfide) groups is 1. The highest BCUT2D eigenvalue weighted by molar-refractivity contribution is 8.00. The SMILES string of the molecule is COc1ccc(OC)c(NC(=O)CSc2ccc(NC(=O)/C(=C/c3ccc(OC)cc3OC)NC(=O)c3ccccc3)cc2)c1. The third kappa shape index (κ3) is 9.04. The average Bonchev–Trinajstić information content (AvgIpc) is 3.08. The van der Waals surface area contributed by atoms with E-state index in [0.717, 1.165) is 4.90 Å². The van der Waals surface area contributed by atoms with Crippen LogP contribution in [0.3, 0.4) is 0 Å². The van der Waals surface area contributed by atoms with Crippen molar-refractivity contribution >= 4 is 46.9 Å². The molecule has 4 aromatic carbocycles. The first-order chi connectivity index (χ1) is 21.8. The van der Waals surface area contributed by atoms with Crippen molar-refractivity contribution in [3.63, 3.8) is 0 Å². The molecule has 45 heavy (non-hydrogen) atoms. The Kier molecular flexibility index (Phi) is 11.5. The molecule has 11 heteroatoms. The Hall–Kier alpha value is -5.42. The highest BCUT2D eigenvalue weighted by Crippen LogP contribution is 2.30. The summed E-state index contributed by atoms with van der Waals surface area (Å²) in [6.07, 6.45) is 1.54. The molecule has 0 aliphatic rings. The Morgan fingerprint density at radius 1 is 0.711 bits per heavy atom. The van der Waals surface area contributed by atoms with E-state index in [1.165, 1.54) is 32.1 Å². The number of nitrogens with one attached hydrogen (secondary N) is 3. The highest BCUT2D eigenvalue weighted by atomic mass is 32.2.